The molecule has 98 valence electrons. The second-order valence-electron chi connectivity index (χ2n) is 5.85. The maximum atomic E-state index is 11.8. The third kappa shape index (κ3) is 2.63. The van der Waals surface area contributed by atoms with Crippen LogP contribution in [0, 0.1) is 11.8 Å². The van der Waals surface area contributed by atoms with Crippen LogP contribution in [0.2, 0.25) is 0 Å². The van der Waals surface area contributed by atoms with Crippen molar-refractivity contribution in [2.45, 2.75) is 37.6 Å². The van der Waals surface area contributed by atoms with E-state index in [1.807, 2.05) is 7.05 Å². The molecule has 2 aliphatic carbocycles. The second kappa shape index (κ2) is 4.94. The molecule has 0 aromatic rings. The summed E-state index contributed by atoms with van der Waals surface area (Å²) in [5.41, 5.74) is 5.12. The Morgan fingerprint density at radius 2 is 2.06 bits per heavy atom. The minimum atomic E-state index is -0.501. The Bertz CT molecular complexity index is 286. The molecular formula is C13H25N3O. The number of hydrogen-bond acceptors (Lipinski definition) is 3. The first-order valence-electron chi connectivity index (χ1n) is 6.76. The Balaban J connectivity index is 1.93. The van der Waals surface area contributed by atoms with Gasteiger partial charge in [0.05, 0.1) is 0 Å². The van der Waals surface area contributed by atoms with Gasteiger partial charge >= 0.3 is 0 Å². The van der Waals surface area contributed by atoms with E-state index in [9.17, 15) is 4.79 Å². The normalized spacial score (nSPS) is 24.4. The van der Waals surface area contributed by atoms with Crippen molar-refractivity contribution in [1.82, 2.24) is 10.2 Å². The summed E-state index contributed by atoms with van der Waals surface area (Å²) >= 11 is 0. The van der Waals surface area contributed by atoms with Gasteiger partial charge in [0.25, 0.3) is 0 Å². The van der Waals surface area contributed by atoms with Crippen LogP contribution in [-0.4, -0.2) is 43.5 Å². The van der Waals surface area contributed by atoms with E-state index in [1.54, 1.807) is 0 Å². The number of carbonyl (C=O) groups is 1. The molecular weight excluding hydrogens is 214 g/mol. The number of primary amides is 1. The van der Waals surface area contributed by atoms with Crippen molar-refractivity contribution in [1.29, 1.82) is 0 Å². The SMILES string of the molecule is CNC(CN(C)CC1CCC1)(C(N)=O)C1CC1. The Morgan fingerprint density at radius 1 is 1.41 bits per heavy atom. The fourth-order valence-corrected chi connectivity index (χ4v) is 3.00. The van der Waals surface area contributed by atoms with Gasteiger partial charge in [-0.05, 0) is 51.6 Å². The van der Waals surface area contributed by atoms with Crippen LogP contribution in [0.4, 0.5) is 0 Å². The number of rotatable bonds is 7. The number of nitrogens with two attached hydrogens (primary N) is 1. The van der Waals surface area contributed by atoms with E-state index in [2.05, 4.69) is 17.3 Å². The van der Waals surface area contributed by atoms with Gasteiger partial charge in [-0.3, -0.25) is 4.79 Å². The number of nitrogens with one attached hydrogen (secondary N) is 1. The zero-order chi connectivity index (χ0) is 12.5. The molecule has 2 aliphatic rings. The van der Waals surface area contributed by atoms with Crippen molar-refractivity contribution >= 4 is 5.91 Å². The van der Waals surface area contributed by atoms with E-state index in [1.165, 1.54) is 19.3 Å². The van der Waals surface area contributed by atoms with Crippen LogP contribution in [0.15, 0.2) is 0 Å². The topological polar surface area (TPSA) is 58.4 Å². The van der Waals surface area contributed by atoms with Gasteiger partial charge in [0.1, 0.15) is 5.54 Å². The van der Waals surface area contributed by atoms with Crippen molar-refractivity contribution in [3.8, 4) is 0 Å². The summed E-state index contributed by atoms with van der Waals surface area (Å²) in [5.74, 6) is 1.08. The summed E-state index contributed by atoms with van der Waals surface area (Å²) in [4.78, 5) is 14.1. The van der Waals surface area contributed by atoms with Gasteiger partial charge in [-0.15, -0.1) is 0 Å². The molecule has 2 rings (SSSR count). The van der Waals surface area contributed by atoms with E-state index in [0.29, 0.717) is 5.92 Å². The predicted octanol–water partition coefficient (Wildman–Crippen LogP) is 0.572. The standard InChI is InChI=1S/C13H25N3O/c1-15-13(12(14)17,11-6-7-11)9-16(2)8-10-4-3-5-10/h10-11,15H,3-9H2,1-2H3,(H2,14,17). The zero-order valence-electron chi connectivity index (χ0n) is 11.0. The van der Waals surface area contributed by atoms with Crippen molar-refractivity contribution in [2.75, 3.05) is 27.2 Å². The summed E-state index contributed by atoms with van der Waals surface area (Å²) in [6.07, 6.45) is 6.31. The molecule has 2 fully saturated rings. The number of nitrogens with zero attached hydrogens (tertiary/aromatic N) is 1. The summed E-state index contributed by atoms with van der Waals surface area (Å²) in [6, 6.07) is 0. The van der Waals surface area contributed by atoms with E-state index < -0.39 is 5.54 Å². The average Bonchev–Trinajstić information content (AvgIpc) is 3.03. The lowest BCUT2D eigenvalue weighted by molar-refractivity contribution is -0.126. The highest BCUT2D eigenvalue weighted by Gasteiger charge is 2.49. The monoisotopic (exact) mass is 239 g/mol. The highest BCUT2D eigenvalue weighted by Crippen LogP contribution is 2.40. The molecule has 17 heavy (non-hydrogen) atoms. The minimum absolute atomic E-state index is 0.192. The van der Waals surface area contributed by atoms with Gasteiger partial charge in [0.15, 0.2) is 0 Å². The third-order valence-corrected chi connectivity index (χ3v) is 4.47. The molecule has 1 atom stereocenters. The third-order valence-electron chi connectivity index (χ3n) is 4.47. The molecule has 0 aliphatic heterocycles. The van der Waals surface area contributed by atoms with Crippen LogP contribution < -0.4 is 11.1 Å². The fourth-order valence-electron chi connectivity index (χ4n) is 3.00. The van der Waals surface area contributed by atoms with Gasteiger partial charge in [-0.1, -0.05) is 6.42 Å². The highest BCUT2D eigenvalue weighted by atomic mass is 16.1. The molecule has 0 heterocycles. The molecule has 0 saturated heterocycles. The van der Waals surface area contributed by atoms with Crippen molar-refractivity contribution in [2.24, 2.45) is 17.6 Å². The summed E-state index contributed by atoms with van der Waals surface area (Å²) in [6.45, 7) is 1.85. The van der Waals surface area contributed by atoms with Crippen LogP contribution >= 0.6 is 0 Å². The maximum Gasteiger partial charge on any atom is 0.239 e. The molecule has 4 heteroatoms. The van der Waals surface area contributed by atoms with Crippen LogP contribution in [0.3, 0.4) is 0 Å². The zero-order valence-corrected chi connectivity index (χ0v) is 11.0. The quantitative estimate of drug-likeness (QED) is 0.683. The number of amides is 1. The van der Waals surface area contributed by atoms with Gasteiger partial charge < -0.3 is 16.0 Å². The van der Waals surface area contributed by atoms with Crippen molar-refractivity contribution < 1.29 is 4.79 Å². The molecule has 0 spiro atoms. The average molecular weight is 239 g/mol. The highest BCUT2D eigenvalue weighted by molar-refractivity contribution is 5.85. The Morgan fingerprint density at radius 3 is 2.41 bits per heavy atom. The van der Waals surface area contributed by atoms with E-state index >= 15 is 0 Å². The molecule has 4 nitrogen and oxygen atoms in total. The first kappa shape index (κ1) is 12.8. The van der Waals surface area contributed by atoms with Gasteiger partial charge in [-0.2, -0.15) is 0 Å². The van der Waals surface area contributed by atoms with E-state index in [4.69, 9.17) is 5.73 Å². The molecule has 1 unspecified atom stereocenters. The van der Waals surface area contributed by atoms with Crippen LogP contribution in [0.1, 0.15) is 32.1 Å². The molecule has 0 bridgehead atoms. The van der Waals surface area contributed by atoms with Gasteiger partial charge in [0, 0.05) is 13.1 Å². The van der Waals surface area contributed by atoms with Crippen LogP contribution in [0.25, 0.3) is 0 Å². The number of carbonyl (C=O) groups excluding carboxylic acids is 1. The molecule has 1 amide bonds. The lowest BCUT2D eigenvalue weighted by Crippen LogP contribution is -2.62. The van der Waals surface area contributed by atoms with Gasteiger partial charge in [0.2, 0.25) is 5.91 Å². The summed E-state index contributed by atoms with van der Waals surface area (Å²) in [5, 5.41) is 3.20. The predicted molar refractivity (Wildman–Crippen MR) is 68.5 cm³/mol. The molecule has 0 radical (unpaired) electrons. The molecule has 0 aromatic heterocycles. The summed E-state index contributed by atoms with van der Waals surface area (Å²) < 4.78 is 0. The Hall–Kier alpha value is -0.610. The van der Waals surface area contributed by atoms with Crippen LogP contribution in [0.5, 0.6) is 0 Å². The Labute approximate surface area is 104 Å². The van der Waals surface area contributed by atoms with Crippen molar-refractivity contribution in [3.63, 3.8) is 0 Å². The minimum Gasteiger partial charge on any atom is -0.368 e. The van der Waals surface area contributed by atoms with Crippen LogP contribution in [-0.2, 0) is 4.79 Å². The van der Waals surface area contributed by atoms with Gasteiger partial charge in [-0.25, -0.2) is 0 Å². The van der Waals surface area contributed by atoms with E-state index in [0.717, 1.165) is 31.8 Å². The first-order chi connectivity index (χ1) is 8.08. The lowest BCUT2D eigenvalue weighted by atomic mass is 9.84. The second-order valence-corrected chi connectivity index (χ2v) is 5.85. The van der Waals surface area contributed by atoms with E-state index in [-0.39, 0.29) is 5.91 Å². The van der Waals surface area contributed by atoms with Crippen molar-refractivity contribution in [3.05, 3.63) is 0 Å². The maximum absolute atomic E-state index is 11.8. The molecule has 0 aromatic carbocycles. The number of hydrogen-bond donors (Lipinski definition) is 2. The molecule has 3 N–H and O–H groups in total. The molecule has 2 saturated carbocycles. The lowest BCUT2D eigenvalue weighted by Gasteiger charge is -2.37. The largest absolute Gasteiger partial charge is 0.368 e. The number of likely N-dealkylation sites (N-methyl/N-ethyl adjacent to an activating group) is 2. The summed E-state index contributed by atoms with van der Waals surface area (Å²) in [7, 11) is 3.97. The first-order valence-corrected chi connectivity index (χ1v) is 6.76. The smallest absolute Gasteiger partial charge is 0.239 e. The fraction of sp³-hybridized carbons (Fsp3) is 0.923. The Kier molecular flexibility index (Phi) is 3.73.